The van der Waals surface area contributed by atoms with Crippen LogP contribution in [0, 0.1) is 0 Å². The first-order valence-corrected chi connectivity index (χ1v) is 9.27. The quantitative estimate of drug-likeness (QED) is 0.898. The Hall–Kier alpha value is -3.02. The van der Waals surface area contributed by atoms with Gasteiger partial charge in [0.05, 0.1) is 6.61 Å². The molecule has 3 amide bonds. The lowest BCUT2D eigenvalue weighted by Gasteiger charge is -2.34. The molecule has 0 bridgehead atoms. The summed E-state index contributed by atoms with van der Waals surface area (Å²) in [4.78, 5) is 27.8. The molecule has 0 aromatic heterocycles. The van der Waals surface area contributed by atoms with Crippen LogP contribution in [0.15, 0.2) is 54.6 Å². The molecule has 0 unspecified atom stereocenters. The van der Waals surface area contributed by atoms with Crippen LogP contribution in [0.2, 0.25) is 0 Å². The summed E-state index contributed by atoms with van der Waals surface area (Å²) < 4.78 is 5.01. The van der Waals surface area contributed by atoms with E-state index < -0.39 is 0 Å². The molecule has 2 aromatic rings. The van der Waals surface area contributed by atoms with Crippen LogP contribution in [-0.4, -0.2) is 54.7 Å². The van der Waals surface area contributed by atoms with Gasteiger partial charge in [0, 0.05) is 31.9 Å². The molecule has 6 nitrogen and oxygen atoms in total. The number of urea groups is 1. The molecule has 1 heterocycles. The van der Waals surface area contributed by atoms with Crippen molar-refractivity contribution in [3.05, 3.63) is 65.7 Å². The van der Waals surface area contributed by atoms with Crippen molar-refractivity contribution in [3.8, 4) is 0 Å². The number of nitrogens with zero attached hydrogens (tertiary/aromatic N) is 2. The molecule has 0 atom stereocenters. The van der Waals surface area contributed by atoms with Gasteiger partial charge < -0.3 is 19.9 Å². The number of para-hydroxylation sites is 1. The highest BCUT2D eigenvalue weighted by molar-refractivity contribution is 5.90. The average Bonchev–Trinajstić information content (AvgIpc) is 2.70. The number of carbonyl (C=O) groups excluding carboxylic acids is 2. The van der Waals surface area contributed by atoms with E-state index in [1.165, 1.54) is 5.56 Å². The van der Waals surface area contributed by atoms with Gasteiger partial charge in [-0.2, -0.15) is 0 Å². The Morgan fingerprint density at radius 2 is 1.56 bits per heavy atom. The Bertz CT molecular complexity index is 771. The topological polar surface area (TPSA) is 61.9 Å². The second-order valence-electron chi connectivity index (χ2n) is 6.42. The third-order valence-corrected chi connectivity index (χ3v) is 4.59. The van der Waals surface area contributed by atoms with E-state index in [0.29, 0.717) is 32.8 Å². The van der Waals surface area contributed by atoms with Gasteiger partial charge in [0.2, 0.25) is 0 Å². The van der Waals surface area contributed by atoms with Crippen molar-refractivity contribution in [2.75, 3.05) is 38.1 Å². The van der Waals surface area contributed by atoms with Crippen molar-refractivity contribution < 1.29 is 14.3 Å². The highest BCUT2D eigenvalue weighted by atomic mass is 16.6. The lowest BCUT2D eigenvalue weighted by atomic mass is 10.0. The molecule has 1 aliphatic heterocycles. The molecule has 6 heteroatoms. The highest BCUT2D eigenvalue weighted by Crippen LogP contribution is 2.20. The second-order valence-corrected chi connectivity index (χ2v) is 6.42. The summed E-state index contributed by atoms with van der Waals surface area (Å²) >= 11 is 0. The molecule has 1 saturated heterocycles. The fourth-order valence-electron chi connectivity index (χ4n) is 3.11. The van der Waals surface area contributed by atoms with Gasteiger partial charge in [0.25, 0.3) is 0 Å². The minimum absolute atomic E-state index is 0.140. The maximum Gasteiger partial charge on any atom is 0.409 e. The molecule has 0 spiro atoms. The number of rotatable bonds is 4. The summed E-state index contributed by atoms with van der Waals surface area (Å²) in [5.74, 6) is 0. The van der Waals surface area contributed by atoms with E-state index in [-0.39, 0.29) is 12.1 Å². The summed E-state index contributed by atoms with van der Waals surface area (Å²) in [7, 11) is 0. The van der Waals surface area contributed by atoms with Crippen LogP contribution >= 0.6 is 0 Å². The van der Waals surface area contributed by atoms with Crippen LogP contribution in [0.3, 0.4) is 0 Å². The Morgan fingerprint density at radius 1 is 0.926 bits per heavy atom. The number of ether oxygens (including phenoxy) is 1. The standard InChI is InChI=1S/C21H25N3O3/c1-2-27-21(26)24-14-12-23(13-15-24)20(25)22-19-11-7-6-10-18(19)16-17-8-4-3-5-9-17/h3-11H,2,12-16H2,1H3,(H,22,25). The Morgan fingerprint density at radius 3 is 2.26 bits per heavy atom. The highest BCUT2D eigenvalue weighted by Gasteiger charge is 2.25. The van der Waals surface area contributed by atoms with Crippen molar-refractivity contribution in [1.82, 2.24) is 9.80 Å². The van der Waals surface area contributed by atoms with Crippen molar-refractivity contribution in [2.24, 2.45) is 0 Å². The maximum atomic E-state index is 12.7. The van der Waals surface area contributed by atoms with Gasteiger partial charge in [-0.15, -0.1) is 0 Å². The first-order chi connectivity index (χ1) is 13.2. The van der Waals surface area contributed by atoms with E-state index in [0.717, 1.165) is 17.7 Å². The Balaban J connectivity index is 1.60. The number of benzene rings is 2. The molecule has 142 valence electrons. The first kappa shape index (κ1) is 18.8. The minimum Gasteiger partial charge on any atom is -0.450 e. The predicted octanol–water partition coefficient (Wildman–Crippen LogP) is 3.58. The van der Waals surface area contributed by atoms with Gasteiger partial charge in [-0.05, 0) is 30.5 Å². The number of hydrogen-bond acceptors (Lipinski definition) is 3. The lowest BCUT2D eigenvalue weighted by molar-refractivity contribution is 0.0868. The normalized spacial score (nSPS) is 14.0. The van der Waals surface area contributed by atoms with Gasteiger partial charge >= 0.3 is 12.1 Å². The number of anilines is 1. The molecule has 27 heavy (non-hydrogen) atoms. The molecule has 0 aliphatic carbocycles. The zero-order valence-electron chi connectivity index (χ0n) is 15.6. The number of hydrogen-bond donors (Lipinski definition) is 1. The van der Waals surface area contributed by atoms with Crippen molar-refractivity contribution in [3.63, 3.8) is 0 Å². The third-order valence-electron chi connectivity index (χ3n) is 4.59. The van der Waals surface area contributed by atoms with Crippen LogP contribution in [0.1, 0.15) is 18.1 Å². The number of nitrogens with one attached hydrogen (secondary N) is 1. The predicted molar refractivity (Wildman–Crippen MR) is 105 cm³/mol. The van der Waals surface area contributed by atoms with E-state index in [1.54, 1.807) is 16.7 Å². The monoisotopic (exact) mass is 367 g/mol. The number of piperazine rings is 1. The zero-order valence-corrected chi connectivity index (χ0v) is 15.6. The van der Waals surface area contributed by atoms with Gasteiger partial charge in [-0.25, -0.2) is 9.59 Å². The van der Waals surface area contributed by atoms with Crippen LogP contribution < -0.4 is 5.32 Å². The molecular weight excluding hydrogens is 342 g/mol. The fraction of sp³-hybridized carbons (Fsp3) is 0.333. The first-order valence-electron chi connectivity index (χ1n) is 9.27. The van der Waals surface area contributed by atoms with Crippen LogP contribution in [-0.2, 0) is 11.2 Å². The van der Waals surface area contributed by atoms with Crippen LogP contribution in [0.25, 0.3) is 0 Å². The molecule has 0 saturated carbocycles. The summed E-state index contributed by atoms with van der Waals surface area (Å²) in [5.41, 5.74) is 3.09. The summed E-state index contributed by atoms with van der Waals surface area (Å²) in [6, 6.07) is 17.9. The van der Waals surface area contributed by atoms with E-state index in [2.05, 4.69) is 17.4 Å². The van der Waals surface area contributed by atoms with E-state index in [1.807, 2.05) is 42.5 Å². The van der Waals surface area contributed by atoms with Gasteiger partial charge in [0.15, 0.2) is 0 Å². The molecule has 1 aliphatic rings. The molecule has 1 N–H and O–H groups in total. The van der Waals surface area contributed by atoms with Crippen molar-refractivity contribution >= 4 is 17.8 Å². The van der Waals surface area contributed by atoms with Crippen LogP contribution in [0.4, 0.5) is 15.3 Å². The summed E-state index contributed by atoms with van der Waals surface area (Å²) in [6.07, 6.45) is 0.444. The molecule has 0 radical (unpaired) electrons. The van der Waals surface area contributed by atoms with E-state index in [9.17, 15) is 9.59 Å². The van der Waals surface area contributed by atoms with E-state index in [4.69, 9.17) is 4.74 Å². The fourth-order valence-corrected chi connectivity index (χ4v) is 3.11. The average molecular weight is 367 g/mol. The van der Waals surface area contributed by atoms with Crippen molar-refractivity contribution in [1.29, 1.82) is 0 Å². The Labute approximate surface area is 159 Å². The summed E-state index contributed by atoms with van der Waals surface area (Å²) in [5, 5.41) is 3.02. The number of amides is 3. The largest absolute Gasteiger partial charge is 0.450 e. The second kappa shape index (κ2) is 9.07. The van der Waals surface area contributed by atoms with Gasteiger partial charge in [0.1, 0.15) is 0 Å². The lowest BCUT2D eigenvalue weighted by Crippen LogP contribution is -2.51. The van der Waals surface area contributed by atoms with E-state index >= 15 is 0 Å². The number of carbonyl (C=O) groups is 2. The smallest absolute Gasteiger partial charge is 0.409 e. The Kier molecular flexibility index (Phi) is 6.30. The van der Waals surface area contributed by atoms with Crippen molar-refractivity contribution in [2.45, 2.75) is 13.3 Å². The zero-order chi connectivity index (χ0) is 19.1. The molecule has 2 aromatic carbocycles. The molecule has 3 rings (SSSR count). The molecule has 1 fully saturated rings. The SMILES string of the molecule is CCOC(=O)N1CCN(C(=O)Nc2ccccc2Cc2ccccc2)CC1. The minimum atomic E-state index is -0.314. The van der Waals surface area contributed by atoms with Gasteiger partial charge in [-0.3, -0.25) is 0 Å². The third kappa shape index (κ3) is 5.00. The summed E-state index contributed by atoms with van der Waals surface area (Å²) in [6.45, 7) is 4.10. The molecular formula is C21H25N3O3. The maximum absolute atomic E-state index is 12.7. The van der Waals surface area contributed by atoms with Crippen LogP contribution in [0.5, 0.6) is 0 Å². The van der Waals surface area contributed by atoms with Gasteiger partial charge in [-0.1, -0.05) is 48.5 Å².